The van der Waals surface area contributed by atoms with Crippen LogP contribution in [-0.2, 0) is 10.2 Å². The number of hydrogen-bond acceptors (Lipinski definition) is 9. The molecule has 1 aromatic carbocycles. The molecule has 39 heavy (non-hydrogen) atoms. The Morgan fingerprint density at radius 2 is 2.03 bits per heavy atom. The molecule has 1 fully saturated rings. The van der Waals surface area contributed by atoms with Gasteiger partial charge in [0, 0.05) is 67.8 Å². The fourth-order valence-corrected chi connectivity index (χ4v) is 5.53. The first-order valence-electron chi connectivity index (χ1n) is 13.5. The van der Waals surface area contributed by atoms with Crippen molar-refractivity contribution in [1.82, 2.24) is 19.9 Å². The molecule has 5 rings (SSSR count). The van der Waals surface area contributed by atoms with Crippen molar-refractivity contribution in [3.05, 3.63) is 53.9 Å². The zero-order valence-corrected chi connectivity index (χ0v) is 22.7. The number of anilines is 3. The lowest BCUT2D eigenvalue weighted by Gasteiger charge is -2.31. The third-order valence-electron chi connectivity index (χ3n) is 8.03. The van der Waals surface area contributed by atoms with Crippen LogP contribution in [0.15, 0.2) is 42.7 Å². The number of benzene rings is 1. The summed E-state index contributed by atoms with van der Waals surface area (Å²) in [6.45, 7) is 4.37. The van der Waals surface area contributed by atoms with E-state index in [1.165, 1.54) is 0 Å². The molecule has 2 aromatic heterocycles. The molecule has 206 valence electrons. The first-order chi connectivity index (χ1) is 19.0. The van der Waals surface area contributed by atoms with Crippen molar-refractivity contribution in [2.45, 2.75) is 44.1 Å². The van der Waals surface area contributed by atoms with E-state index in [0.29, 0.717) is 42.5 Å². The second kappa shape index (κ2) is 11.5. The number of methoxy groups -OCH3 is 2. The Balaban J connectivity index is 1.35. The largest absolute Gasteiger partial charge is 0.495 e. The molecule has 0 radical (unpaired) electrons. The summed E-state index contributed by atoms with van der Waals surface area (Å²) in [5, 5.41) is 16.3. The normalized spacial score (nSPS) is 18.9. The van der Waals surface area contributed by atoms with Gasteiger partial charge in [0.05, 0.1) is 24.6 Å². The van der Waals surface area contributed by atoms with Crippen LogP contribution >= 0.6 is 0 Å². The smallest absolute Gasteiger partial charge is 0.253 e. The minimum absolute atomic E-state index is 0.0180. The lowest BCUT2D eigenvalue weighted by Crippen LogP contribution is -2.40. The van der Waals surface area contributed by atoms with Gasteiger partial charge < -0.3 is 30.1 Å². The maximum atomic E-state index is 13.1. The van der Waals surface area contributed by atoms with E-state index in [-0.39, 0.29) is 24.0 Å². The molecule has 0 saturated carbocycles. The number of ether oxygens (including phenoxy) is 2. The zero-order chi connectivity index (χ0) is 27.4. The van der Waals surface area contributed by atoms with Gasteiger partial charge in [-0.15, -0.1) is 0 Å². The topological polar surface area (TPSA) is 122 Å². The van der Waals surface area contributed by atoms with Gasteiger partial charge in [0.25, 0.3) is 5.91 Å². The second-order valence-corrected chi connectivity index (χ2v) is 10.1. The van der Waals surface area contributed by atoms with E-state index in [2.05, 4.69) is 33.6 Å². The van der Waals surface area contributed by atoms with Crippen LogP contribution in [0.25, 0.3) is 11.3 Å². The Morgan fingerprint density at radius 3 is 2.74 bits per heavy atom. The molecule has 1 unspecified atom stereocenters. The molecular formula is C29H36N6O4. The van der Waals surface area contributed by atoms with E-state index in [1.54, 1.807) is 38.7 Å². The van der Waals surface area contributed by atoms with E-state index in [1.807, 2.05) is 17.0 Å². The predicted molar refractivity (Wildman–Crippen MR) is 150 cm³/mol. The van der Waals surface area contributed by atoms with Crippen LogP contribution in [0.4, 0.5) is 17.5 Å². The van der Waals surface area contributed by atoms with Gasteiger partial charge in [0.2, 0.25) is 5.95 Å². The van der Waals surface area contributed by atoms with Crippen LogP contribution in [-0.4, -0.2) is 77.4 Å². The number of nitrogens with one attached hydrogen (secondary N) is 2. The van der Waals surface area contributed by atoms with Gasteiger partial charge in [-0.25, -0.2) is 15.0 Å². The number of piperidine rings is 1. The lowest BCUT2D eigenvalue weighted by molar-refractivity contribution is 0.0350. The van der Waals surface area contributed by atoms with Gasteiger partial charge in [0.1, 0.15) is 11.6 Å². The molecule has 3 N–H and O–H groups in total. The predicted octanol–water partition coefficient (Wildman–Crippen LogP) is 4.00. The lowest BCUT2D eigenvalue weighted by atomic mass is 9.77. The van der Waals surface area contributed by atoms with Crippen molar-refractivity contribution >= 4 is 23.4 Å². The molecule has 1 saturated heterocycles. The number of fused-ring (bicyclic) bond motifs is 1. The summed E-state index contributed by atoms with van der Waals surface area (Å²) in [6, 6.07) is 9.33. The van der Waals surface area contributed by atoms with Crippen LogP contribution < -0.4 is 15.4 Å². The summed E-state index contributed by atoms with van der Waals surface area (Å²) in [5.74, 6) is 1.78. The Kier molecular flexibility index (Phi) is 7.94. The molecule has 0 bridgehead atoms. The number of aliphatic hydroxyl groups excluding tert-OH is 1. The number of aliphatic hydroxyl groups is 1. The Bertz CT molecular complexity index is 1320. The highest BCUT2D eigenvalue weighted by Gasteiger charge is 2.38. The molecule has 2 aliphatic rings. The third-order valence-corrected chi connectivity index (χ3v) is 8.03. The van der Waals surface area contributed by atoms with Crippen LogP contribution in [0.1, 0.15) is 48.5 Å². The number of likely N-dealkylation sites (tertiary alicyclic amines) is 1. The van der Waals surface area contributed by atoms with Crippen LogP contribution in [0.3, 0.4) is 0 Å². The number of amides is 1. The molecular weight excluding hydrogens is 496 g/mol. The molecule has 2 aliphatic heterocycles. The first-order valence-corrected chi connectivity index (χ1v) is 13.5. The molecule has 4 heterocycles. The van der Waals surface area contributed by atoms with E-state index in [0.717, 1.165) is 48.4 Å². The Hall–Kier alpha value is -3.76. The Morgan fingerprint density at radius 1 is 1.21 bits per heavy atom. The number of pyridine rings is 1. The molecule has 3 aromatic rings. The van der Waals surface area contributed by atoms with E-state index >= 15 is 0 Å². The summed E-state index contributed by atoms with van der Waals surface area (Å²) in [4.78, 5) is 28.7. The molecule has 0 spiro atoms. The van der Waals surface area contributed by atoms with E-state index in [4.69, 9.17) is 14.5 Å². The van der Waals surface area contributed by atoms with Gasteiger partial charge in [-0.2, -0.15) is 0 Å². The molecule has 10 nitrogen and oxygen atoms in total. The van der Waals surface area contributed by atoms with Crippen LogP contribution in [0.5, 0.6) is 5.75 Å². The summed E-state index contributed by atoms with van der Waals surface area (Å²) in [6.07, 6.45) is 6.97. The zero-order valence-electron chi connectivity index (χ0n) is 22.7. The van der Waals surface area contributed by atoms with Crippen molar-refractivity contribution in [2.75, 3.05) is 51.1 Å². The summed E-state index contributed by atoms with van der Waals surface area (Å²) in [5.41, 5.74) is 3.81. The van der Waals surface area contributed by atoms with Gasteiger partial charge in [-0.1, -0.05) is 6.92 Å². The third kappa shape index (κ3) is 5.39. The van der Waals surface area contributed by atoms with Gasteiger partial charge in [0.15, 0.2) is 0 Å². The van der Waals surface area contributed by atoms with Crippen molar-refractivity contribution < 1.29 is 19.4 Å². The first kappa shape index (κ1) is 26.8. The molecule has 1 atom stereocenters. The monoisotopic (exact) mass is 532 g/mol. The van der Waals surface area contributed by atoms with Crippen molar-refractivity contribution in [3.8, 4) is 17.0 Å². The minimum atomic E-state index is -0.145. The maximum Gasteiger partial charge on any atom is 0.253 e. The van der Waals surface area contributed by atoms with Crippen molar-refractivity contribution in [1.29, 1.82) is 0 Å². The van der Waals surface area contributed by atoms with Crippen LogP contribution in [0, 0.1) is 0 Å². The van der Waals surface area contributed by atoms with Crippen molar-refractivity contribution in [3.63, 3.8) is 0 Å². The van der Waals surface area contributed by atoms with Gasteiger partial charge in [-0.05, 0) is 56.0 Å². The maximum absolute atomic E-state index is 13.1. The average Bonchev–Trinajstić information content (AvgIpc) is 3.35. The number of carbonyl (C=O) groups is 1. The number of aromatic nitrogens is 3. The number of carbonyl (C=O) groups excluding carboxylic acids is 1. The number of nitrogens with zero attached hydrogens (tertiary/aromatic N) is 4. The summed E-state index contributed by atoms with van der Waals surface area (Å²) in [7, 11) is 3.29. The standard InChI is InChI=1S/C29H36N6O4/c1-4-29(10-14-36)18-32-26-22(29)15-20(17-31-26)23-7-11-30-28(33-23)34-24-6-5-19(16-25(24)39-3)27(37)35-12-8-21(38-2)9-13-35/h5-7,11,15-17,21,36H,4,8-10,12-14,18H2,1-3H3,(H,31,32)(H,30,33,34). The summed E-state index contributed by atoms with van der Waals surface area (Å²) >= 11 is 0. The fourth-order valence-electron chi connectivity index (χ4n) is 5.53. The SMILES string of the molecule is CCC1(CCO)CNc2ncc(-c3ccnc(Nc4ccc(C(=O)N5CCC(OC)CC5)cc4OC)n3)cc21. The number of rotatable bonds is 9. The summed E-state index contributed by atoms with van der Waals surface area (Å²) < 4.78 is 11.0. The highest BCUT2D eigenvalue weighted by molar-refractivity contribution is 5.95. The Labute approximate surface area is 228 Å². The molecule has 10 heteroatoms. The second-order valence-electron chi connectivity index (χ2n) is 10.1. The van der Waals surface area contributed by atoms with Crippen molar-refractivity contribution in [2.24, 2.45) is 0 Å². The van der Waals surface area contributed by atoms with E-state index in [9.17, 15) is 9.90 Å². The van der Waals surface area contributed by atoms with Gasteiger partial charge >= 0.3 is 0 Å². The quantitative estimate of drug-likeness (QED) is 0.375. The average molecular weight is 533 g/mol. The highest BCUT2D eigenvalue weighted by atomic mass is 16.5. The minimum Gasteiger partial charge on any atom is -0.495 e. The highest BCUT2D eigenvalue weighted by Crippen LogP contribution is 2.42. The molecule has 1 amide bonds. The van der Waals surface area contributed by atoms with E-state index < -0.39 is 0 Å². The number of hydrogen-bond donors (Lipinski definition) is 3. The van der Waals surface area contributed by atoms with Crippen LogP contribution in [0.2, 0.25) is 0 Å². The van der Waals surface area contributed by atoms with Gasteiger partial charge in [-0.3, -0.25) is 4.79 Å². The molecule has 0 aliphatic carbocycles. The fraction of sp³-hybridized carbons (Fsp3) is 0.448.